The number of anilines is 1. The second kappa shape index (κ2) is 7.55. The maximum Gasteiger partial charge on any atom is 0.274 e. The second-order valence-corrected chi connectivity index (χ2v) is 7.38. The van der Waals surface area contributed by atoms with Gasteiger partial charge in [-0.15, -0.1) is 0 Å². The monoisotopic (exact) mass is 366 g/mol. The zero-order valence-corrected chi connectivity index (χ0v) is 15.8. The Morgan fingerprint density at radius 2 is 1.81 bits per heavy atom. The van der Waals surface area contributed by atoms with Crippen molar-refractivity contribution in [3.8, 4) is 0 Å². The minimum Gasteiger partial charge on any atom is -0.371 e. The van der Waals surface area contributed by atoms with Gasteiger partial charge in [0.1, 0.15) is 5.82 Å². The molecule has 6 heteroatoms. The van der Waals surface area contributed by atoms with Crippen molar-refractivity contribution in [3.63, 3.8) is 0 Å². The molecule has 1 aromatic carbocycles. The summed E-state index contributed by atoms with van der Waals surface area (Å²) < 4.78 is 2.08. The van der Waals surface area contributed by atoms with E-state index in [0.717, 1.165) is 50.0 Å². The molecule has 2 aliphatic heterocycles. The fourth-order valence-corrected chi connectivity index (χ4v) is 4.21. The van der Waals surface area contributed by atoms with Gasteiger partial charge in [-0.2, -0.15) is 0 Å². The molecule has 2 aliphatic rings. The molecule has 1 N–H and O–H groups in total. The van der Waals surface area contributed by atoms with Gasteiger partial charge in [-0.1, -0.05) is 30.3 Å². The standard InChI is InChI=1S/C21H26N4O2/c1-22-20-18(25-12-6-5-9-17(25)23-20)21(27)24-13-10-16(11-14-24)19(26)15-7-3-2-4-8-15/h2-4,7-8,16,22H,5-6,9-14H2,1H3. The van der Waals surface area contributed by atoms with E-state index in [9.17, 15) is 9.59 Å². The summed E-state index contributed by atoms with van der Waals surface area (Å²) in [6.45, 7) is 2.09. The normalized spacial score (nSPS) is 17.4. The van der Waals surface area contributed by atoms with Gasteiger partial charge in [0.15, 0.2) is 17.3 Å². The number of fused-ring (bicyclic) bond motifs is 1. The average molecular weight is 366 g/mol. The molecular weight excluding hydrogens is 340 g/mol. The number of likely N-dealkylation sites (tertiary alicyclic amines) is 1. The van der Waals surface area contributed by atoms with E-state index in [0.29, 0.717) is 24.6 Å². The summed E-state index contributed by atoms with van der Waals surface area (Å²) in [6.07, 6.45) is 4.57. The van der Waals surface area contributed by atoms with E-state index in [1.165, 1.54) is 0 Å². The van der Waals surface area contributed by atoms with Gasteiger partial charge in [0.25, 0.3) is 5.91 Å². The predicted molar refractivity (Wildman–Crippen MR) is 104 cm³/mol. The Bertz CT molecular complexity index is 835. The average Bonchev–Trinajstić information content (AvgIpc) is 3.12. The lowest BCUT2D eigenvalue weighted by atomic mass is 9.89. The lowest BCUT2D eigenvalue weighted by Crippen LogP contribution is -2.41. The molecule has 4 rings (SSSR count). The van der Waals surface area contributed by atoms with Crippen LogP contribution in [0, 0.1) is 5.92 Å². The van der Waals surface area contributed by atoms with Crippen LogP contribution in [0.2, 0.25) is 0 Å². The number of nitrogens with one attached hydrogen (secondary N) is 1. The van der Waals surface area contributed by atoms with Crippen molar-refractivity contribution in [3.05, 3.63) is 47.4 Å². The van der Waals surface area contributed by atoms with Crippen molar-refractivity contribution < 1.29 is 9.59 Å². The minimum absolute atomic E-state index is 0.000393. The molecule has 0 radical (unpaired) electrons. The molecule has 1 saturated heterocycles. The number of aromatic nitrogens is 2. The van der Waals surface area contributed by atoms with Crippen LogP contribution in [0.5, 0.6) is 0 Å². The number of amides is 1. The largest absolute Gasteiger partial charge is 0.371 e. The maximum absolute atomic E-state index is 13.2. The van der Waals surface area contributed by atoms with Crippen molar-refractivity contribution in [2.75, 3.05) is 25.5 Å². The predicted octanol–water partition coefficient (Wildman–Crippen LogP) is 3.00. The summed E-state index contributed by atoms with van der Waals surface area (Å²) in [5.41, 5.74) is 1.45. The Labute approximate surface area is 159 Å². The summed E-state index contributed by atoms with van der Waals surface area (Å²) in [4.78, 5) is 32.4. The van der Waals surface area contributed by atoms with Crippen molar-refractivity contribution in [2.24, 2.45) is 5.92 Å². The summed E-state index contributed by atoms with van der Waals surface area (Å²) in [7, 11) is 1.82. The Morgan fingerprint density at radius 1 is 1.07 bits per heavy atom. The summed E-state index contributed by atoms with van der Waals surface area (Å²) >= 11 is 0. The fourth-order valence-electron chi connectivity index (χ4n) is 4.21. The van der Waals surface area contributed by atoms with Crippen molar-refractivity contribution >= 4 is 17.5 Å². The zero-order valence-electron chi connectivity index (χ0n) is 15.8. The highest BCUT2D eigenvalue weighted by molar-refractivity contribution is 5.99. The first-order valence-corrected chi connectivity index (χ1v) is 9.84. The lowest BCUT2D eigenvalue weighted by Gasteiger charge is -2.32. The number of aryl methyl sites for hydroxylation is 1. The molecule has 1 amide bonds. The van der Waals surface area contributed by atoms with E-state index in [4.69, 9.17) is 0 Å². The Hall–Kier alpha value is -2.63. The van der Waals surface area contributed by atoms with Gasteiger partial charge in [-0.3, -0.25) is 9.59 Å². The number of carbonyl (C=O) groups excluding carboxylic acids is 2. The van der Waals surface area contributed by atoms with Crippen LogP contribution in [0.1, 0.15) is 52.4 Å². The molecule has 0 spiro atoms. The lowest BCUT2D eigenvalue weighted by molar-refractivity contribution is 0.0641. The molecule has 0 saturated carbocycles. The van der Waals surface area contributed by atoms with Crippen molar-refractivity contribution in [1.29, 1.82) is 0 Å². The van der Waals surface area contributed by atoms with Crippen LogP contribution >= 0.6 is 0 Å². The first kappa shape index (κ1) is 17.8. The fraction of sp³-hybridized carbons (Fsp3) is 0.476. The summed E-state index contributed by atoms with van der Waals surface area (Å²) in [5.74, 6) is 1.91. The van der Waals surface area contributed by atoms with Gasteiger partial charge in [-0.25, -0.2) is 4.98 Å². The second-order valence-electron chi connectivity index (χ2n) is 7.38. The van der Waals surface area contributed by atoms with Crippen LogP contribution in [0.15, 0.2) is 30.3 Å². The molecule has 6 nitrogen and oxygen atoms in total. The van der Waals surface area contributed by atoms with Crippen LogP contribution in [-0.4, -0.2) is 46.3 Å². The molecule has 0 aliphatic carbocycles. The molecule has 1 aromatic heterocycles. The highest BCUT2D eigenvalue weighted by Crippen LogP contribution is 2.27. The van der Waals surface area contributed by atoms with E-state index in [1.54, 1.807) is 0 Å². The third kappa shape index (κ3) is 3.36. The molecule has 3 heterocycles. The van der Waals surface area contributed by atoms with Crippen LogP contribution in [0.3, 0.4) is 0 Å². The van der Waals surface area contributed by atoms with Gasteiger partial charge in [0.05, 0.1) is 0 Å². The number of rotatable bonds is 4. The molecule has 2 aromatic rings. The van der Waals surface area contributed by atoms with Gasteiger partial charge in [-0.05, 0) is 25.7 Å². The molecule has 0 bridgehead atoms. The highest BCUT2D eigenvalue weighted by Gasteiger charge is 2.32. The SMILES string of the molecule is CNc1nc2n(c1C(=O)N1CCC(C(=O)c3ccccc3)CC1)CCCC2. The van der Waals surface area contributed by atoms with E-state index >= 15 is 0 Å². The number of nitrogens with zero attached hydrogens (tertiary/aromatic N) is 3. The number of carbonyl (C=O) groups is 2. The Morgan fingerprint density at radius 3 is 2.52 bits per heavy atom. The highest BCUT2D eigenvalue weighted by atomic mass is 16.2. The van der Waals surface area contributed by atoms with E-state index < -0.39 is 0 Å². The Kier molecular flexibility index (Phi) is 4.97. The van der Waals surface area contributed by atoms with Gasteiger partial charge >= 0.3 is 0 Å². The van der Waals surface area contributed by atoms with Crippen LogP contribution in [0.4, 0.5) is 5.82 Å². The summed E-state index contributed by atoms with van der Waals surface area (Å²) in [5, 5.41) is 3.09. The van der Waals surface area contributed by atoms with Gasteiger partial charge in [0.2, 0.25) is 0 Å². The molecule has 0 atom stereocenters. The molecule has 1 fully saturated rings. The van der Waals surface area contributed by atoms with Crippen molar-refractivity contribution in [2.45, 2.75) is 38.6 Å². The van der Waals surface area contributed by atoms with E-state index in [2.05, 4.69) is 14.9 Å². The van der Waals surface area contributed by atoms with Crippen molar-refractivity contribution in [1.82, 2.24) is 14.5 Å². The third-order valence-corrected chi connectivity index (χ3v) is 5.73. The number of piperidine rings is 1. The van der Waals surface area contributed by atoms with Gasteiger partial charge < -0.3 is 14.8 Å². The number of imidazole rings is 1. The van der Waals surface area contributed by atoms with Crippen LogP contribution in [-0.2, 0) is 13.0 Å². The van der Waals surface area contributed by atoms with E-state index in [-0.39, 0.29) is 17.6 Å². The minimum atomic E-state index is -0.000393. The quantitative estimate of drug-likeness (QED) is 0.845. The van der Waals surface area contributed by atoms with E-state index in [1.807, 2.05) is 42.3 Å². The molecule has 27 heavy (non-hydrogen) atoms. The number of ketones is 1. The first-order valence-electron chi connectivity index (χ1n) is 9.84. The molecular formula is C21H26N4O2. The van der Waals surface area contributed by atoms with Crippen LogP contribution in [0.25, 0.3) is 0 Å². The van der Waals surface area contributed by atoms with Gasteiger partial charge in [0, 0.05) is 44.6 Å². The third-order valence-electron chi connectivity index (χ3n) is 5.73. The zero-order chi connectivity index (χ0) is 18.8. The molecule has 0 unspecified atom stereocenters. The summed E-state index contributed by atoms with van der Waals surface area (Å²) in [6, 6.07) is 9.46. The molecule has 142 valence electrons. The number of hydrogen-bond acceptors (Lipinski definition) is 4. The smallest absolute Gasteiger partial charge is 0.274 e. The first-order chi connectivity index (χ1) is 13.2. The Balaban J connectivity index is 1.47. The van der Waals surface area contributed by atoms with Crippen LogP contribution < -0.4 is 5.32 Å². The topological polar surface area (TPSA) is 67.2 Å². The number of benzene rings is 1. The maximum atomic E-state index is 13.2. The number of hydrogen-bond donors (Lipinski definition) is 1. The number of Topliss-reactive ketones (excluding diaryl/α,β-unsaturated/α-hetero) is 1.